The van der Waals surface area contributed by atoms with Crippen LogP contribution in [0.15, 0.2) is 35.5 Å². The minimum Gasteiger partial charge on any atom is -0.465 e. The zero-order valence-electron chi connectivity index (χ0n) is 17.4. The number of furan rings is 1. The number of fused-ring (bicyclic) bond motifs is 2. The smallest absolute Gasteiger partial charge is 0.310 e. The summed E-state index contributed by atoms with van der Waals surface area (Å²) in [5.41, 5.74) is 11.2. The molecule has 3 aromatic heterocycles. The van der Waals surface area contributed by atoms with Gasteiger partial charge in [-0.15, -0.1) is 0 Å². The maximum absolute atomic E-state index is 12.3. The van der Waals surface area contributed by atoms with Crippen molar-refractivity contribution in [3.63, 3.8) is 0 Å². The molecule has 0 aliphatic rings. The van der Waals surface area contributed by atoms with E-state index in [0.717, 1.165) is 16.5 Å². The fraction of sp³-hybridized carbons (Fsp3) is 0.364. The fourth-order valence-corrected chi connectivity index (χ4v) is 3.69. The molecule has 0 radical (unpaired) electrons. The second-order valence-corrected chi connectivity index (χ2v) is 7.74. The van der Waals surface area contributed by atoms with Crippen molar-refractivity contribution in [2.75, 3.05) is 12.3 Å². The van der Waals surface area contributed by atoms with Gasteiger partial charge in [0.2, 0.25) is 0 Å². The summed E-state index contributed by atoms with van der Waals surface area (Å²) >= 11 is 0. The van der Waals surface area contributed by atoms with Gasteiger partial charge in [0.25, 0.3) is 0 Å². The number of nitrogens with two attached hydrogens (primary N) is 1. The van der Waals surface area contributed by atoms with E-state index < -0.39 is 0 Å². The molecule has 4 rings (SSSR count). The Bertz CT molecular complexity index is 1210. The minimum absolute atomic E-state index is 0.186. The molecule has 2 N–H and O–H groups in total. The van der Waals surface area contributed by atoms with Crippen LogP contribution in [-0.2, 0) is 22.5 Å². The molecule has 0 spiro atoms. The van der Waals surface area contributed by atoms with Crippen LogP contribution in [0, 0.1) is 6.92 Å². The maximum atomic E-state index is 12.3. The Morgan fingerprint density at radius 3 is 2.90 bits per heavy atom. The summed E-state index contributed by atoms with van der Waals surface area (Å²) in [4.78, 5) is 24.7. The van der Waals surface area contributed by atoms with Crippen LogP contribution >= 0.6 is 0 Å². The number of ether oxygens (including phenoxy) is 1. The first-order valence-electron chi connectivity index (χ1n) is 10.0. The number of benzene rings is 1. The van der Waals surface area contributed by atoms with E-state index in [1.165, 1.54) is 17.5 Å². The Kier molecular flexibility index (Phi) is 5.39. The molecule has 0 atom stereocenters. The van der Waals surface area contributed by atoms with Gasteiger partial charge < -0.3 is 19.5 Å². The molecule has 0 saturated heterocycles. The van der Waals surface area contributed by atoms with Crippen molar-refractivity contribution < 1.29 is 13.9 Å². The first-order chi connectivity index (χ1) is 14.4. The van der Waals surface area contributed by atoms with E-state index >= 15 is 0 Å². The van der Waals surface area contributed by atoms with Gasteiger partial charge in [0.05, 0.1) is 25.6 Å². The lowest BCUT2D eigenvalue weighted by molar-refractivity contribution is -0.142. The topological polar surface area (TPSA) is 109 Å². The summed E-state index contributed by atoms with van der Waals surface area (Å²) < 4.78 is 13.0. The Labute approximate surface area is 174 Å². The number of aryl methyl sites for hydroxylation is 2. The van der Waals surface area contributed by atoms with E-state index in [2.05, 4.69) is 41.8 Å². The lowest BCUT2D eigenvalue weighted by atomic mass is 9.95. The number of nitrogen functional groups attached to an aromatic ring is 1. The van der Waals surface area contributed by atoms with Crippen LogP contribution in [0.25, 0.3) is 22.1 Å². The van der Waals surface area contributed by atoms with Crippen LogP contribution in [0.5, 0.6) is 0 Å². The molecule has 0 aliphatic carbocycles. The predicted molar refractivity (Wildman–Crippen MR) is 114 cm³/mol. The van der Waals surface area contributed by atoms with Gasteiger partial charge >= 0.3 is 5.97 Å². The molecule has 4 aromatic rings. The van der Waals surface area contributed by atoms with Crippen molar-refractivity contribution in [3.05, 3.63) is 47.7 Å². The number of imidazole rings is 1. The molecule has 1 aromatic carbocycles. The molecule has 0 unspecified atom stereocenters. The number of hydrogen-bond donors (Lipinski definition) is 1. The zero-order chi connectivity index (χ0) is 21.3. The van der Waals surface area contributed by atoms with Crippen LogP contribution in [0.1, 0.15) is 42.9 Å². The zero-order valence-corrected chi connectivity index (χ0v) is 17.4. The summed E-state index contributed by atoms with van der Waals surface area (Å²) in [6.07, 6.45) is 5.56. The molecule has 0 saturated carbocycles. The summed E-state index contributed by atoms with van der Waals surface area (Å²) in [5.74, 6) is 0.490. The first-order valence-corrected chi connectivity index (χ1v) is 10.0. The molecule has 8 heteroatoms. The molecule has 0 fully saturated rings. The first kappa shape index (κ1) is 19.9. The van der Waals surface area contributed by atoms with Crippen molar-refractivity contribution in [2.24, 2.45) is 0 Å². The number of anilines is 1. The van der Waals surface area contributed by atoms with Crippen molar-refractivity contribution >= 4 is 33.9 Å². The number of carbonyl (C=O) groups excluding carboxylic acids is 1. The van der Waals surface area contributed by atoms with Gasteiger partial charge in [-0.2, -0.15) is 0 Å². The lowest BCUT2D eigenvalue weighted by Crippen LogP contribution is -2.10. The van der Waals surface area contributed by atoms with Crippen LogP contribution in [0.4, 0.5) is 5.82 Å². The third kappa shape index (κ3) is 3.85. The molecule has 0 aliphatic heterocycles. The van der Waals surface area contributed by atoms with Crippen LogP contribution in [0.3, 0.4) is 0 Å². The third-order valence-electron chi connectivity index (χ3n) is 5.24. The van der Waals surface area contributed by atoms with Crippen molar-refractivity contribution in [1.82, 2.24) is 19.5 Å². The Balaban J connectivity index is 1.35. The van der Waals surface area contributed by atoms with Crippen molar-refractivity contribution in [1.29, 1.82) is 0 Å². The van der Waals surface area contributed by atoms with Gasteiger partial charge in [-0.1, -0.05) is 13.8 Å². The predicted octanol–water partition coefficient (Wildman–Crippen LogP) is 3.76. The van der Waals surface area contributed by atoms with E-state index in [1.54, 1.807) is 12.6 Å². The molecule has 0 amide bonds. The molecule has 3 heterocycles. The Hall–Kier alpha value is -3.42. The Morgan fingerprint density at radius 2 is 2.10 bits per heavy atom. The van der Waals surface area contributed by atoms with E-state index in [0.29, 0.717) is 42.5 Å². The van der Waals surface area contributed by atoms with Crippen molar-refractivity contribution in [3.8, 4) is 0 Å². The van der Waals surface area contributed by atoms with E-state index in [9.17, 15) is 4.79 Å². The average molecular weight is 407 g/mol. The van der Waals surface area contributed by atoms with Crippen LogP contribution in [-0.4, -0.2) is 32.1 Å². The number of esters is 1. The van der Waals surface area contributed by atoms with Crippen LogP contribution in [0.2, 0.25) is 0 Å². The highest BCUT2D eigenvalue weighted by molar-refractivity contribution is 5.87. The Morgan fingerprint density at radius 1 is 1.27 bits per heavy atom. The summed E-state index contributed by atoms with van der Waals surface area (Å²) in [6, 6.07) is 4.16. The molecule has 0 bridgehead atoms. The normalized spacial score (nSPS) is 11.6. The molecule has 8 nitrogen and oxygen atoms in total. The van der Waals surface area contributed by atoms with Gasteiger partial charge in [0.15, 0.2) is 11.5 Å². The molecular formula is C22H25N5O3. The van der Waals surface area contributed by atoms with Gasteiger partial charge in [-0.05, 0) is 42.5 Å². The summed E-state index contributed by atoms with van der Waals surface area (Å²) in [5, 5.41) is 0.975. The number of aromatic nitrogens is 4. The van der Waals surface area contributed by atoms with E-state index in [1.807, 2.05) is 10.6 Å². The largest absolute Gasteiger partial charge is 0.465 e. The number of carbonyl (C=O) groups is 1. The number of nitrogens with zero attached hydrogens (tertiary/aromatic N) is 4. The standard InChI is InChI=1S/C22H25N5O3/c1-13(2)16-9-17-15(10-30-18(17)7-14(16)3)8-19(28)29-6-4-5-27-12-26-20-21(23)24-11-25-22(20)27/h7,9-13H,4-6,8H2,1-3H3,(H2,23,24,25). The van der Waals surface area contributed by atoms with E-state index in [4.69, 9.17) is 14.9 Å². The number of hydrogen-bond acceptors (Lipinski definition) is 7. The lowest BCUT2D eigenvalue weighted by Gasteiger charge is -2.10. The van der Waals surface area contributed by atoms with Crippen LogP contribution < -0.4 is 5.73 Å². The third-order valence-corrected chi connectivity index (χ3v) is 5.24. The minimum atomic E-state index is -0.272. The highest BCUT2D eigenvalue weighted by Crippen LogP contribution is 2.29. The highest BCUT2D eigenvalue weighted by Gasteiger charge is 2.15. The fourth-order valence-electron chi connectivity index (χ4n) is 3.69. The second-order valence-electron chi connectivity index (χ2n) is 7.74. The summed E-state index contributed by atoms with van der Waals surface area (Å²) in [6.45, 7) is 7.32. The maximum Gasteiger partial charge on any atom is 0.310 e. The quantitative estimate of drug-likeness (QED) is 0.367. The average Bonchev–Trinajstić information content (AvgIpc) is 3.29. The van der Waals surface area contributed by atoms with Gasteiger partial charge in [-0.25, -0.2) is 15.0 Å². The van der Waals surface area contributed by atoms with Gasteiger partial charge in [-0.3, -0.25) is 4.79 Å². The summed E-state index contributed by atoms with van der Waals surface area (Å²) in [7, 11) is 0. The highest BCUT2D eigenvalue weighted by atomic mass is 16.5. The van der Waals surface area contributed by atoms with Crippen molar-refractivity contribution in [2.45, 2.75) is 46.1 Å². The molecule has 156 valence electrons. The molecular weight excluding hydrogens is 382 g/mol. The SMILES string of the molecule is Cc1cc2occ(CC(=O)OCCCn3cnc4c(N)ncnc43)c2cc1C(C)C. The molecule has 30 heavy (non-hydrogen) atoms. The monoisotopic (exact) mass is 407 g/mol. The van der Waals surface area contributed by atoms with Gasteiger partial charge in [0, 0.05) is 17.5 Å². The second kappa shape index (κ2) is 8.14. The van der Waals surface area contributed by atoms with E-state index in [-0.39, 0.29) is 12.4 Å². The number of rotatable bonds is 7. The van der Waals surface area contributed by atoms with Gasteiger partial charge in [0.1, 0.15) is 17.4 Å².